The number of thioether (sulfide) groups is 1. The molecule has 0 aliphatic carbocycles. The molecule has 0 heterocycles. The van der Waals surface area contributed by atoms with Gasteiger partial charge in [-0.3, -0.25) is 9.59 Å². The van der Waals surface area contributed by atoms with E-state index in [9.17, 15) is 9.59 Å². The summed E-state index contributed by atoms with van der Waals surface area (Å²) in [6, 6.07) is 0. The molecule has 0 rings (SSSR count). The molecular weight excluding hydrogens is 332 g/mol. The number of hydrogen-bond acceptors (Lipinski definition) is 3. The molecule has 0 fully saturated rings. The van der Waals surface area contributed by atoms with Crippen LogP contribution < -0.4 is 0 Å². The van der Waals surface area contributed by atoms with Gasteiger partial charge in [0, 0.05) is 12.8 Å². The summed E-state index contributed by atoms with van der Waals surface area (Å²) in [6.07, 6.45) is 10.9. The van der Waals surface area contributed by atoms with Crippen molar-refractivity contribution in [2.45, 2.75) is 76.9 Å². The fourth-order valence-corrected chi connectivity index (χ4v) is 3.08. The molecule has 0 saturated heterocycles. The molecule has 25 heavy (non-hydrogen) atoms. The van der Waals surface area contributed by atoms with Gasteiger partial charge in [0.2, 0.25) is 0 Å². The van der Waals surface area contributed by atoms with Crippen LogP contribution in [0.5, 0.6) is 0 Å². The quantitative estimate of drug-likeness (QED) is 0.299. The number of allylic oxidation sites excluding steroid dienone is 1. The van der Waals surface area contributed by atoms with Crippen molar-refractivity contribution in [2.24, 2.45) is 5.92 Å². The highest BCUT2D eigenvalue weighted by Crippen LogP contribution is 2.19. The highest BCUT2D eigenvalue weighted by Gasteiger charge is 2.09. The van der Waals surface area contributed by atoms with E-state index < -0.39 is 11.9 Å². The molecule has 0 radical (unpaired) electrons. The van der Waals surface area contributed by atoms with Gasteiger partial charge in [-0.05, 0) is 18.3 Å². The van der Waals surface area contributed by atoms with E-state index in [1.54, 1.807) is 6.92 Å². The van der Waals surface area contributed by atoms with Crippen LogP contribution in [-0.4, -0.2) is 21.4 Å². The molecule has 4 heteroatoms. The third kappa shape index (κ3) is 15.6. The molecule has 0 aromatic rings. The fourth-order valence-electron chi connectivity index (χ4n) is 2.27. The number of carbonyl (C=O) groups is 2. The number of carboxylic acids is 1. The maximum Gasteiger partial charge on any atom is 0.304 e. The molecule has 0 spiro atoms. The van der Waals surface area contributed by atoms with Gasteiger partial charge in [0.1, 0.15) is 0 Å². The van der Waals surface area contributed by atoms with E-state index >= 15 is 0 Å². The lowest BCUT2D eigenvalue weighted by atomic mass is 10.1. The summed E-state index contributed by atoms with van der Waals surface area (Å²) in [7, 11) is 0. The Morgan fingerprint density at radius 2 is 1.68 bits per heavy atom. The van der Waals surface area contributed by atoms with Crippen molar-refractivity contribution in [3.05, 3.63) is 12.7 Å². The summed E-state index contributed by atoms with van der Waals surface area (Å²) in [5.74, 6) is 9.99. The zero-order valence-corrected chi connectivity index (χ0v) is 16.3. The predicted molar refractivity (Wildman–Crippen MR) is 106 cm³/mol. The zero-order chi connectivity index (χ0) is 18.9. The van der Waals surface area contributed by atoms with Gasteiger partial charge < -0.3 is 5.11 Å². The third-order valence-corrected chi connectivity index (χ3v) is 4.58. The van der Waals surface area contributed by atoms with E-state index in [2.05, 4.69) is 37.2 Å². The fraction of sp³-hybridized carbons (Fsp3) is 0.619. The SMILES string of the molecule is C=CC(C#CC#CC(CCCCCCCCC)SC(C)=O)CC(=O)O. The maximum absolute atomic E-state index is 11.4. The minimum atomic E-state index is -0.906. The smallest absolute Gasteiger partial charge is 0.304 e. The summed E-state index contributed by atoms with van der Waals surface area (Å²) >= 11 is 1.25. The molecule has 0 amide bonds. The van der Waals surface area contributed by atoms with E-state index in [1.807, 2.05) is 0 Å². The highest BCUT2D eigenvalue weighted by molar-refractivity contribution is 8.14. The summed E-state index contributed by atoms with van der Waals surface area (Å²) in [4.78, 5) is 22.0. The van der Waals surface area contributed by atoms with Crippen LogP contribution in [0.15, 0.2) is 12.7 Å². The number of carboxylic acid groups (broad SMARTS) is 1. The molecule has 2 atom stereocenters. The molecule has 0 bridgehead atoms. The normalized spacial score (nSPS) is 12.1. The van der Waals surface area contributed by atoms with Crippen molar-refractivity contribution in [2.75, 3.05) is 0 Å². The second-order valence-electron chi connectivity index (χ2n) is 5.99. The molecular formula is C21H30O3S. The van der Waals surface area contributed by atoms with Gasteiger partial charge in [-0.25, -0.2) is 0 Å². The minimum absolute atomic E-state index is 0.0379. The van der Waals surface area contributed by atoms with Crippen LogP contribution in [0.3, 0.4) is 0 Å². The van der Waals surface area contributed by atoms with E-state index in [-0.39, 0.29) is 16.8 Å². The Balaban J connectivity index is 4.38. The van der Waals surface area contributed by atoms with Crippen molar-refractivity contribution in [1.29, 1.82) is 0 Å². The first-order chi connectivity index (χ1) is 12.0. The monoisotopic (exact) mass is 362 g/mol. The zero-order valence-electron chi connectivity index (χ0n) is 15.5. The standard InChI is InChI=1S/C21H30O3S/c1-4-6-7-8-9-10-11-15-20(25-18(3)22)16-13-12-14-19(5-2)17-21(23)24/h5,19-20H,2,4,6-11,15,17H2,1,3H3,(H,23,24). The van der Waals surface area contributed by atoms with Crippen molar-refractivity contribution in [1.82, 2.24) is 0 Å². The van der Waals surface area contributed by atoms with Gasteiger partial charge in [-0.2, -0.15) is 0 Å². The minimum Gasteiger partial charge on any atom is -0.481 e. The van der Waals surface area contributed by atoms with E-state index in [4.69, 9.17) is 5.11 Å². The van der Waals surface area contributed by atoms with Crippen molar-refractivity contribution < 1.29 is 14.7 Å². The average Bonchev–Trinajstić information content (AvgIpc) is 2.55. The Hall–Kier alpha value is -1.65. The molecule has 0 aromatic carbocycles. The van der Waals surface area contributed by atoms with Gasteiger partial charge in [0.15, 0.2) is 5.12 Å². The lowest BCUT2D eigenvalue weighted by Gasteiger charge is -2.07. The van der Waals surface area contributed by atoms with Gasteiger partial charge >= 0.3 is 5.97 Å². The van der Waals surface area contributed by atoms with E-state index in [0.717, 1.165) is 12.8 Å². The lowest BCUT2D eigenvalue weighted by Crippen LogP contribution is -2.03. The van der Waals surface area contributed by atoms with E-state index in [1.165, 1.54) is 56.4 Å². The maximum atomic E-state index is 11.4. The van der Waals surface area contributed by atoms with Crippen molar-refractivity contribution in [3.8, 4) is 23.7 Å². The van der Waals surface area contributed by atoms with E-state index in [0.29, 0.717) is 0 Å². The van der Waals surface area contributed by atoms with Crippen LogP contribution in [-0.2, 0) is 9.59 Å². The van der Waals surface area contributed by atoms with Crippen molar-refractivity contribution in [3.63, 3.8) is 0 Å². The first kappa shape index (κ1) is 23.4. The van der Waals surface area contributed by atoms with Crippen LogP contribution in [0.25, 0.3) is 0 Å². The topological polar surface area (TPSA) is 54.4 Å². The third-order valence-electron chi connectivity index (χ3n) is 3.61. The molecule has 0 aliphatic heterocycles. The van der Waals surface area contributed by atoms with Gasteiger partial charge in [-0.1, -0.05) is 81.5 Å². The number of rotatable bonds is 12. The van der Waals surface area contributed by atoms with Gasteiger partial charge in [0.25, 0.3) is 0 Å². The Bertz CT molecular complexity index is 531. The Morgan fingerprint density at radius 1 is 1.08 bits per heavy atom. The van der Waals surface area contributed by atoms with Crippen LogP contribution in [0.4, 0.5) is 0 Å². The van der Waals surface area contributed by atoms with Crippen LogP contribution in [0.2, 0.25) is 0 Å². The Kier molecular flexibility index (Phi) is 14.8. The number of unbranched alkanes of at least 4 members (excludes halogenated alkanes) is 6. The lowest BCUT2D eigenvalue weighted by molar-refractivity contribution is -0.137. The second kappa shape index (κ2) is 15.9. The van der Waals surface area contributed by atoms with Crippen molar-refractivity contribution >= 4 is 22.8 Å². The summed E-state index contributed by atoms with van der Waals surface area (Å²) in [5, 5.41) is 8.78. The number of aliphatic carboxylic acids is 1. The van der Waals surface area contributed by atoms with Crippen LogP contribution in [0, 0.1) is 29.6 Å². The molecule has 0 aromatic heterocycles. The van der Waals surface area contributed by atoms with Gasteiger partial charge in [-0.15, -0.1) is 6.58 Å². The molecule has 0 aliphatic rings. The first-order valence-corrected chi connectivity index (χ1v) is 9.90. The summed E-state index contributed by atoms with van der Waals surface area (Å²) in [5.41, 5.74) is 0. The Morgan fingerprint density at radius 3 is 2.24 bits per heavy atom. The van der Waals surface area contributed by atoms with Crippen LogP contribution in [0.1, 0.15) is 71.6 Å². The first-order valence-electron chi connectivity index (χ1n) is 9.02. The number of hydrogen-bond donors (Lipinski definition) is 1. The highest BCUT2D eigenvalue weighted by atomic mass is 32.2. The van der Waals surface area contributed by atoms with Crippen LogP contribution >= 0.6 is 11.8 Å². The molecule has 1 N–H and O–H groups in total. The summed E-state index contributed by atoms with van der Waals surface area (Å²) in [6.45, 7) is 7.35. The second-order valence-corrected chi connectivity index (χ2v) is 7.37. The predicted octanol–water partition coefficient (Wildman–Crippen LogP) is 5.06. The number of carbonyl (C=O) groups excluding carboxylic acids is 1. The molecule has 0 saturated carbocycles. The van der Waals surface area contributed by atoms with Gasteiger partial charge in [0.05, 0.1) is 11.7 Å². The summed E-state index contributed by atoms with van der Waals surface area (Å²) < 4.78 is 0. The molecule has 138 valence electrons. The molecule has 3 nitrogen and oxygen atoms in total. The molecule has 2 unspecified atom stereocenters. The largest absolute Gasteiger partial charge is 0.481 e. The average molecular weight is 363 g/mol. The Labute approximate surface area is 157 Å².